The van der Waals surface area contributed by atoms with Gasteiger partial charge in [-0.05, 0) is 18.6 Å². The molecule has 2 heteroatoms. The van der Waals surface area contributed by atoms with Crippen LogP contribution in [0.3, 0.4) is 0 Å². The Morgan fingerprint density at radius 1 is 1.78 bits per heavy atom. The summed E-state index contributed by atoms with van der Waals surface area (Å²) in [5, 5.41) is 9.43. The van der Waals surface area contributed by atoms with Crippen molar-refractivity contribution in [2.45, 2.75) is 12.5 Å². The van der Waals surface area contributed by atoms with Crippen LogP contribution in [0.2, 0.25) is 0 Å². The molecule has 0 aromatic carbocycles. The molecule has 1 rings (SSSR count). The van der Waals surface area contributed by atoms with E-state index in [1.165, 1.54) is 6.21 Å². The van der Waals surface area contributed by atoms with Crippen molar-refractivity contribution in [3.8, 4) is 0 Å². The van der Waals surface area contributed by atoms with Crippen LogP contribution in [0, 0.1) is 0 Å². The fourth-order valence-corrected chi connectivity index (χ4v) is 0.609. The van der Waals surface area contributed by atoms with Gasteiger partial charge in [0.1, 0.15) is 5.60 Å². The Morgan fingerprint density at radius 3 is 2.67 bits per heavy atom. The molecule has 1 heterocycles. The third-order valence-corrected chi connectivity index (χ3v) is 1.37. The van der Waals surface area contributed by atoms with Gasteiger partial charge < -0.3 is 5.11 Å². The molecular weight excluding hydrogens is 114 g/mol. The minimum Gasteiger partial charge on any atom is -0.376 e. The Morgan fingerprint density at radius 2 is 2.44 bits per heavy atom. The van der Waals surface area contributed by atoms with Gasteiger partial charge in [-0.3, -0.25) is 4.99 Å². The first-order valence-corrected chi connectivity index (χ1v) is 2.75. The van der Waals surface area contributed by atoms with Crippen LogP contribution in [0.1, 0.15) is 6.92 Å². The quantitative estimate of drug-likeness (QED) is 0.516. The number of nitrogens with zero attached hydrogens (tertiary/aromatic N) is 1. The average Bonchev–Trinajstić information content (AvgIpc) is 2.16. The van der Waals surface area contributed by atoms with Gasteiger partial charge >= 0.3 is 0 Å². The molecule has 0 aliphatic carbocycles. The molecule has 0 bridgehead atoms. The van der Waals surface area contributed by atoms with Crippen molar-refractivity contribution in [3.63, 3.8) is 0 Å². The first kappa shape index (κ1) is 6.23. The zero-order valence-electron chi connectivity index (χ0n) is 5.33. The molecule has 0 amide bonds. The zero-order chi connectivity index (χ0) is 6.91. The van der Waals surface area contributed by atoms with Crippen molar-refractivity contribution < 1.29 is 5.11 Å². The topological polar surface area (TPSA) is 32.6 Å². The highest BCUT2D eigenvalue weighted by Crippen LogP contribution is 2.17. The molecule has 0 fully saturated rings. The molecule has 0 aromatic heterocycles. The summed E-state index contributed by atoms with van der Waals surface area (Å²) >= 11 is 0. The summed E-state index contributed by atoms with van der Waals surface area (Å²) in [5.74, 6) is 0. The smallest absolute Gasteiger partial charge is 0.140 e. The van der Waals surface area contributed by atoms with Crippen LogP contribution in [0.5, 0.6) is 0 Å². The molecule has 48 valence electrons. The second kappa shape index (κ2) is 1.81. The van der Waals surface area contributed by atoms with Gasteiger partial charge in [-0.2, -0.15) is 0 Å². The van der Waals surface area contributed by atoms with Crippen molar-refractivity contribution in [1.82, 2.24) is 0 Å². The maximum atomic E-state index is 9.43. The maximum Gasteiger partial charge on any atom is 0.140 e. The number of rotatable bonds is 1. The first-order chi connectivity index (χ1) is 4.15. The van der Waals surface area contributed by atoms with Gasteiger partial charge in [0.05, 0.1) is 0 Å². The van der Waals surface area contributed by atoms with E-state index in [2.05, 4.69) is 11.6 Å². The molecule has 1 aliphatic heterocycles. The summed E-state index contributed by atoms with van der Waals surface area (Å²) in [6.07, 6.45) is 4.64. The van der Waals surface area contributed by atoms with Crippen LogP contribution in [-0.2, 0) is 0 Å². The van der Waals surface area contributed by atoms with Crippen LogP contribution < -0.4 is 0 Å². The van der Waals surface area contributed by atoms with Gasteiger partial charge in [0, 0.05) is 12.4 Å². The van der Waals surface area contributed by atoms with E-state index in [1.807, 2.05) is 0 Å². The molecule has 2 nitrogen and oxygen atoms in total. The molecular formula is C7H9NO. The van der Waals surface area contributed by atoms with E-state index in [0.717, 1.165) is 0 Å². The van der Waals surface area contributed by atoms with E-state index in [-0.39, 0.29) is 0 Å². The standard InChI is InChI=1S/C7H9NO/c1-6(2)7(9)3-4-8-5-7/h3-5,9H,1H2,2H3. The van der Waals surface area contributed by atoms with E-state index >= 15 is 0 Å². The number of hydrogen-bond acceptors (Lipinski definition) is 2. The molecule has 0 saturated carbocycles. The lowest BCUT2D eigenvalue weighted by Gasteiger charge is -2.15. The largest absolute Gasteiger partial charge is 0.376 e. The lowest BCUT2D eigenvalue weighted by atomic mass is 9.99. The van der Waals surface area contributed by atoms with E-state index in [0.29, 0.717) is 5.57 Å². The Balaban J connectivity index is 2.88. The van der Waals surface area contributed by atoms with Gasteiger partial charge in [-0.1, -0.05) is 6.58 Å². The van der Waals surface area contributed by atoms with Gasteiger partial charge in [0.15, 0.2) is 0 Å². The van der Waals surface area contributed by atoms with E-state index in [4.69, 9.17) is 0 Å². The third-order valence-electron chi connectivity index (χ3n) is 1.37. The highest BCUT2D eigenvalue weighted by molar-refractivity contribution is 5.79. The van der Waals surface area contributed by atoms with Gasteiger partial charge in [0.25, 0.3) is 0 Å². The molecule has 0 spiro atoms. The Hall–Kier alpha value is -0.890. The van der Waals surface area contributed by atoms with E-state index in [1.54, 1.807) is 19.2 Å². The highest BCUT2D eigenvalue weighted by Gasteiger charge is 2.23. The lowest BCUT2D eigenvalue weighted by Crippen LogP contribution is -2.26. The van der Waals surface area contributed by atoms with Crippen LogP contribution in [0.15, 0.2) is 29.4 Å². The molecule has 0 aromatic rings. The third kappa shape index (κ3) is 0.933. The minimum absolute atomic E-state index is 0.694. The fraction of sp³-hybridized carbons (Fsp3) is 0.286. The second-order valence-electron chi connectivity index (χ2n) is 2.20. The summed E-state index contributed by atoms with van der Waals surface area (Å²) in [6.45, 7) is 5.38. The fourth-order valence-electron chi connectivity index (χ4n) is 0.609. The van der Waals surface area contributed by atoms with Crippen molar-refractivity contribution in [1.29, 1.82) is 0 Å². The van der Waals surface area contributed by atoms with Gasteiger partial charge in [-0.25, -0.2) is 0 Å². The monoisotopic (exact) mass is 123 g/mol. The van der Waals surface area contributed by atoms with E-state index in [9.17, 15) is 5.11 Å². The number of aliphatic imine (C=N–C) groups is 1. The van der Waals surface area contributed by atoms with Crippen LogP contribution in [0.25, 0.3) is 0 Å². The summed E-state index contributed by atoms with van der Waals surface area (Å²) in [6, 6.07) is 0. The van der Waals surface area contributed by atoms with Gasteiger partial charge in [-0.15, -0.1) is 0 Å². The summed E-state index contributed by atoms with van der Waals surface area (Å²) in [4.78, 5) is 3.74. The molecule has 0 radical (unpaired) electrons. The van der Waals surface area contributed by atoms with Crippen molar-refractivity contribution in [2.75, 3.05) is 0 Å². The van der Waals surface area contributed by atoms with E-state index < -0.39 is 5.60 Å². The summed E-state index contributed by atoms with van der Waals surface area (Å²) < 4.78 is 0. The predicted molar refractivity (Wildman–Crippen MR) is 37.4 cm³/mol. The normalized spacial score (nSPS) is 31.3. The molecule has 0 saturated heterocycles. The molecule has 9 heavy (non-hydrogen) atoms. The average molecular weight is 123 g/mol. The van der Waals surface area contributed by atoms with Crippen molar-refractivity contribution in [2.24, 2.45) is 4.99 Å². The van der Waals surface area contributed by atoms with Crippen molar-refractivity contribution in [3.05, 3.63) is 24.4 Å². The molecule has 1 aliphatic rings. The highest BCUT2D eigenvalue weighted by atomic mass is 16.3. The molecule has 1 N–H and O–H groups in total. The first-order valence-electron chi connectivity index (χ1n) is 2.75. The van der Waals surface area contributed by atoms with Crippen LogP contribution >= 0.6 is 0 Å². The van der Waals surface area contributed by atoms with Gasteiger partial charge in [0.2, 0.25) is 0 Å². The maximum absolute atomic E-state index is 9.43. The molecule has 1 unspecified atom stereocenters. The zero-order valence-corrected chi connectivity index (χ0v) is 5.33. The Labute approximate surface area is 54.2 Å². The summed E-state index contributed by atoms with van der Waals surface area (Å²) in [7, 11) is 0. The second-order valence-corrected chi connectivity index (χ2v) is 2.20. The SMILES string of the molecule is C=C(C)C1(O)C=CN=C1. The molecule has 1 atom stereocenters. The van der Waals surface area contributed by atoms with Crippen LogP contribution in [0.4, 0.5) is 0 Å². The lowest BCUT2D eigenvalue weighted by molar-refractivity contribution is 0.209. The Bertz CT molecular complexity index is 179. The predicted octanol–water partition coefficient (Wildman–Crippen LogP) is 0.892. The Kier molecular flexibility index (Phi) is 1.25. The number of aliphatic hydroxyl groups is 1. The van der Waals surface area contributed by atoms with Crippen molar-refractivity contribution >= 4 is 6.21 Å². The number of hydrogen-bond donors (Lipinski definition) is 1. The van der Waals surface area contributed by atoms with Crippen LogP contribution in [-0.4, -0.2) is 16.9 Å². The summed E-state index contributed by atoms with van der Waals surface area (Å²) in [5.41, 5.74) is -0.278. The minimum atomic E-state index is -0.972.